The average molecular weight is 254 g/mol. The summed E-state index contributed by atoms with van der Waals surface area (Å²) >= 11 is 0. The van der Waals surface area contributed by atoms with Crippen LogP contribution in [0.3, 0.4) is 0 Å². The summed E-state index contributed by atoms with van der Waals surface area (Å²) in [6.07, 6.45) is -3.29. The number of hydrogen-bond donors (Lipinski definition) is 1. The van der Waals surface area contributed by atoms with Gasteiger partial charge in [-0.2, -0.15) is 13.2 Å². The van der Waals surface area contributed by atoms with Crippen molar-refractivity contribution in [1.29, 1.82) is 0 Å². The lowest BCUT2D eigenvalue weighted by atomic mass is 10.2. The zero-order chi connectivity index (χ0) is 13.2. The van der Waals surface area contributed by atoms with E-state index >= 15 is 0 Å². The number of hydrogen-bond acceptors (Lipinski definition) is 3. The fourth-order valence-corrected chi connectivity index (χ4v) is 1.37. The molecule has 1 heterocycles. The van der Waals surface area contributed by atoms with E-state index in [9.17, 15) is 13.2 Å². The Bertz CT molecular complexity index is 555. The van der Waals surface area contributed by atoms with Crippen LogP contribution in [0.4, 0.5) is 18.9 Å². The molecule has 1 aromatic carbocycles. The molecule has 0 saturated heterocycles. The largest absolute Gasteiger partial charge is 0.436 e. The summed E-state index contributed by atoms with van der Waals surface area (Å²) < 4.78 is 43.2. The molecule has 2 rings (SSSR count). The molecule has 0 fully saturated rings. The highest BCUT2D eigenvalue weighted by Crippen LogP contribution is 2.37. The van der Waals surface area contributed by atoms with E-state index in [2.05, 4.69) is 4.98 Å². The smallest absolute Gasteiger partial charge is 0.421 e. The van der Waals surface area contributed by atoms with Gasteiger partial charge in [-0.15, -0.1) is 0 Å². The predicted molar refractivity (Wildman–Crippen MR) is 60.2 cm³/mol. The maximum Gasteiger partial charge on any atom is 0.421 e. The molecule has 94 valence electrons. The number of nitrogens with two attached hydrogens (primary N) is 1. The summed E-state index contributed by atoms with van der Waals surface area (Å²) in [5.41, 5.74) is 4.90. The van der Waals surface area contributed by atoms with Crippen LogP contribution in [0, 0.1) is 0 Å². The molecule has 0 atom stereocenters. The van der Waals surface area contributed by atoms with Crippen molar-refractivity contribution in [3.8, 4) is 11.6 Å². The molecule has 0 unspecified atom stereocenters. The summed E-state index contributed by atoms with van der Waals surface area (Å²) in [6.45, 7) is 0. The summed E-state index contributed by atoms with van der Waals surface area (Å²) in [5.74, 6) is -0.371. The van der Waals surface area contributed by atoms with Gasteiger partial charge in [-0.05, 0) is 24.3 Å². The average Bonchev–Trinajstić information content (AvgIpc) is 2.31. The summed E-state index contributed by atoms with van der Waals surface area (Å²) in [7, 11) is 0. The topological polar surface area (TPSA) is 48.1 Å². The fraction of sp³-hybridized carbons (Fsp3) is 0.0833. The van der Waals surface area contributed by atoms with Gasteiger partial charge in [0.1, 0.15) is 5.56 Å². The SMILES string of the molecule is Nc1ccccc1Oc1ncccc1C(F)(F)F. The first-order valence-corrected chi connectivity index (χ1v) is 5.03. The number of ether oxygens (including phenoxy) is 1. The minimum absolute atomic E-state index is 0.140. The van der Waals surface area contributed by atoms with E-state index < -0.39 is 17.6 Å². The van der Waals surface area contributed by atoms with Crippen molar-refractivity contribution < 1.29 is 17.9 Å². The van der Waals surface area contributed by atoms with E-state index in [-0.39, 0.29) is 11.4 Å². The van der Waals surface area contributed by atoms with Crippen LogP contribution in [-0.2, 0) is 6.18 Å². The molecule has 2 aromatic rings. The molecule has 2 N–H and O–H groups in total. The van der Waals surface area contributed by atoms with E-state index in [0.29, 0.717) is 0 Å². The number of benzene rings is 1. The first kappa shape index (κ1) is 12.2. The van der Waals surface area contributed by atoms with Crippen LogP contribution in [0.2, 0.25) is 0 Å². The molecule has 0 aliphatic carbocycles. The van der Waals surface area contributed by atoms with Gasteiger partial charge in [0.15, 0.2) is 5.75 Å². The normalized spacial score (nSPS) is 11.3. The molecule has 0 saturated carbocycles. The quantitative estimate of drug-likeness (QED) is 0.834. The van der Waals surface area contributed by atoms with Gasteiger partial charge in [0.25, 0.3) is 0 Å². The monoisotopic (exact) mass is 254 g/mol. The zero-order valence-corrected chi connectivity index (χ0v) is 9.11. The van der Waals surface area contributed by atoms with Crippen molar-refractivity contribution in [3.63, 3.8) is 0 Å². The van der Waals surface area contributed by atoms with E-state index in [1.165, 1.54) is 24.4 Å². The Morgan fingerprint density at radius 1 is 1.06 bits per heavy atom. The summed E-state index contributed by atoms with van der Waals surface area (Å²) in [5, 5.41) is 0. The molecular formula is C12H9F3N2O. The van der Waals surface area contributed by atoms with Crippen LogP contribution < -0.4 is 10.5 Å². The maximum atomic E-state index is 12.7. The van der Waals surface area contributed by atoms with Crippen molar-refractivity contribution >= 4 is 5.69 Å². The molecule has 0 aliphatic rings. The molecule has 1 aromatic heterocycles. The molecule has 6 heteroatoms. The van der Waals surface area contributed by atoms with E-state index in [0.717, 1.165) is 6.07 Å². The first-order valence-electron chi connectivity index (χ1n) is 5.03. The second-order valence-corrected chi connectivity index (χ2v) is 3.49. The minimum atomic E-state index is -4.52. The Morgan fingerprint density at radius 3 is 2.44 bits per heavy atom. The number of pyridine rings is 1. The second-order valence-electron chi connectivity index (χ2n) is 3.49. The van der Waals surface area contributed by atoms with Crippen LogP contribution in [0.1, 0.15) is 5.56 Å². The Labute approximate surface area is 101 Å². The summed E-state index contributed by atoms with van der Waals surface area (Å²) in [4.78, 5) is 3.58. The van der Waals surface area contributed by atoms with Crippen LogP contribution in [0.15, 0.2) is 42.6 Å². The zero-order valence-electron chi connectivity index (χ0n) is 9.11. The number of para-hydroxylation sites is 2. The molecule has 0 amide bonds. The van der Waals surface area contributed by atoms with Gasteiger partial charge < -0.3 is 10.5 Å². The third kappa shape index (κ3) is 2.53. The lowest BCUT2D eigenvalue weighted by Gasteiger charge is -2.13. The van der Waals surface area contributed by atoms with Crippen LogP contribution in [-0.4, -0.2) is 4.98 Å². The molecule has 3 nitrogen and oxygen atoms in total. The lowest BCUT2D eigenvalue weighted by molar-refractivity contribution is -0.138. The molecule has 0 aliphatic heterocycles. The standard InChI is InChI=1S/C12H9F3N2O/c13-12(14,15)8-4-3-7-17-11(8)18-10-6-2-1-5-9(10)16/h1-7H,16H2. The molecule has 0 spiro atoms. The predicted octanol–water partition coefficient (Wildman–Crippen LogP) is 3.47. The Balaban J connectivity index is 2.39. The number of rotatable bonds is 2. The summed E-state index contributed by atoms with van der Waals surface area (Å²) in [6, 6.07) is 8.38. The maximum absolute atomic E-state index is 12.7. The van der Waals surface area contributed by atoms with Crippen molar-refractivity contribution in [2.24, 2.45) is 0 Å². The van der Waals surface area contributed by atoms with Gasteiger partial charge >= 0.3 is 6.18 Å². The molecular weight excluding hydrogens is 245 g/mol. The lowest BCUT2D eigenvalue weighted by Crippen LogP contribution is -2.08. The fourth-order valence-electron chi connectivity index (χ4n) is 1.37. The van der Waals surface area contributed by atoms with Gasteiger partial charge in [-0.25, -0.2) is 4.98 Å². The van der Waals surface area contributed by atoms with Crippen LogP contribution in [0.25, 0.3) is 0 Å². The van der Waals surface area contributed by atoms with Crippen molar-refractivity contribution in [1.82, 2.24) is 4.98 Å². The highest BCUT2D eigenvalue weighted by Gasteiger charge is 2.35. The van der Waals surface area contributed by atoms with Gasteiger partial charge in [0.2, 0.25) is 5.88 Å². The third-order valence-corrected chi connectivity index (χ3v) is 2.20. The van der Waals surface area contributed by atoms with Gasteiger partial charge in [0, 0.05) is 6.20 Å². The Morgan fingerprint density at radius 2 is 1.78 bits per heavy atom. The van der Waals surface area contributed by atoms with E-state index in [4.69, 9.17) is 10.5 Å². The number of nitrogens with zero attached hydrogens (tertiary/aromatic N) is 1. The van der Waals surface area contributed by atoms with E-state index in [1.54, 1.807) is 12.1 Å². The highest BCUT2D eigenvalue weighted by atomic mass is 19.4. The first-order chi connectivity index (χ1) is 8.48. The van der Waals surface area contributed by atoms with Gasteiger partial charge in [0.05, 0.1) is 5.69 Å². The Hall–Kier alpha value is -2.24. The Kier molecular flexibility index (Phi) is 3.10. The number of aromatic nitrogens is 1. The van der Waals surface area contributed by atoms with Gasteiger partial charge in [-0.1, -0.05) is 12.1 Å². The van der Waals surface area contributed by atoms with Crippen LogP contribution >= 0.6 is 0 Å². The van der Waals surface area contributed by atoms with Crippen LogP contribution in [0.5, 0.6) is 11.6 Å². The van der Waals surface area contributed by atoms with E-state index in [1.807, 2.05) is 0 Å². The van der Waals surface area contributed by atoms with Crippen molar-refractivity contribution in [2.45, 2.75) is 6.18 Å². The molecule has 18 heavy (non-hydrogen) atoms. The number of halogens is 3. The van der Waals surface area contributed by atoms with Crippen molar-refractivity contribution in [3.05, 3.63) is 48.2 Å². The highest BCUT2D eigenvalue weighted by molar-refractivity contribution is 5.53. The molecule has 0 radical (unpaired) electrons. The number of nitrogen functional groups attached to an aromatic ring is 1. The number of anilines is 1. The van der Waals surface area contributed by atoms with Crippen molar-refractivity contribution in [2.75, 3.05) is 5.73 Å². The minimum Gasteiger partial charge on any atom is -0.436 e. The third-order valence-electron chi connectivity index (χ3n) is 2.20. The van der Waals surface area contributed by atoms with Gasteiger partial charge in [-0.3, -0.25) is 0 Å². The number of alkyl halides is 3. The second kappa shape index (κ2) is 4.56. The molecule has 0 bridgehead atoms.